The Bertz CT molecular complexity index is 117. The first-order chi connectivity index (χ1) is 4.84. The van der Waals surface area contributed by atoms with E-state index in [9.17, 15) is 4.79 Å². The Labute approximate surface area is 69.6 Å². The number of nitrogens with zero attached hydrogens (tertiary/aromatic N) is 1. The summed E-state index contributed by atoms with van der Waals surface area (Å²) < 4.78 is 0. The average molecular weight is 157 g/mol. The van der Waals surface area contributed by atoms with Crippen molar-refractivity contribution < 1.29 is 4.79 Å². The monoisotopic (exact) mass is 157 g/mol. The molecule has 0 unspecified atom stereocenters. The van der Waals surface area contributed by atoms with E-state index in [4.69, 9.17) is 0 Å². The van der Waals surface area contributed by atoms with Gasteiger partial charge in [0.2, 0.25) is 5.91 Å². The van der Waals surface area contributed by atoms with Gasteiger partial charge in [0.1, 0.15) is 0 Å². The highest BCUT2D eigenvalue weighted by molar-refractivity contribution is 5.75. The smallest absolute Gasteiger partial charge is 0.222 e. The molecule has 1 heterocycles. The molecule has 0 saturated carbocycles. The molecule has 0 N–H and O–H groups in total. The maximum absolute atomic E-state index is 11.1. The van der Waals surface area contributed by atoms with E-state index in [2.05, 4.69) is 0 Å². The van der Waals surface area contributed by atoms with E-state index in [0.29, 0.717) is 12.3 Å². The zero-order valence-corrected chi connectivity index (χ0v) is 6.60. The van der Waals surface area contributed by atoms with Crippen molar-refractivity contribution in [1.29, 1.82) is 0 Å². The van der Waals surface area contributed by atoms with Crippen molar-refractivity contribution in [1.82, 2.24) is 4.90 Å². The first-order valence-electron chi connectivity index (χ1n) is 4.12. The van der Waals surface area contributed by atoms with Crippen LogP contribution >= 0.6 is 0 Å². The van der Waals surface area contributed by atoms with Gasteiger partial charge >= 0.3 is 0 Å². The maximum Gasteiger partial charge on any atom is 0.222 e. The molecule has 1 rings (SSSR count). The van der Waals surface area contributed by atoms with E-state index in [0.717, 1.165) is 13.1 Å². The molecule has 0 radical (unpaired) electrons. The maximum atomic E-state index is 11.1. The lowest BCUT2D eigenvalue weighted by molar-refractivity contribution is -0.131. The summed E-state index contributed by atoms with van der Waals surface area (Å²) in [6, 6.07) is 0. The van der Waals surface area contributed by atoms with Crippen molar-refractivity contribution in [3.05, 3.63) is 0 Å². The normalized spacial score (nSPS) is 17.4. The SMILES string of the molecule is C.CCC(=O)N1CCCCC1. The third-order valence-electron chi connectivity index (χ3n) is 2.01. The van der Waals surface area contributed by atoms with Crippen molar-refractivity contribution >= 4 is 5.91 Å². The molecular formula is C9H19NO. The topological polar surface area (TPSA) is 20.3 Å². The van der Waals surface area contributed by atoms with E-state index < -0.39 is 0 Å². The lowest BCUT2D eigenvalue weighted by atomic mass is 10.1. The molecule has 1 fully saturated rings. The van der Waals surface area contributed by atoms with Gasteiger partial charge in [-0.1, -0.05) is 14.4 Å². The zero-order valence-electron chi connectivity index (χ0n) is 6.60. The molecule has 0 aromatic carbocycles. The van der Waals surface area contributed by atoms with E-state index in [-0.39, 0.29) is 7.43 Å². The van der Waals surface area contributed by atoms with Crippen LogP contribution in [0.25, 0.3) is 0 Å². The fourth-order valence-electron chi connectivity index (χ4n) is 1.37. The summed E-state index contributed by atoms with van der Waals surface area (Å²) in [5.74, 6) is 0.319. The molecule has 66 valence electrons. The van der Waals surface area contributed by atoms with Gasteiger partial charge < -0.3 is 4.90 Å². The summed E-state index contributed by atoms with van der Waals surface area (Å²) in [4.78, 5) is 13.1. The van der Waals surface area contributed by atoms with Crippen LogP contribution in [0, 0.1) is 0 Å². The molecule has 1 aliphatic rings. The fraction of sp³-hybridized carbons (Fsp3) is 0.889. The highest BCUT2D eigenvalue weighted by atomic mass is 16.2. The number of hydrogen-bond acceptors (Lipinski definition) is 1. The van der Waals surface area contributed by atoms with Gasteiger partial charge in [-0.25, -0.2) is 0 Å². The Hall–Kier alpha value is -0.530. The second kappa shape index (κ2) is 5.16. The molecule has 0 atom stereocenters. The zero-order chi connectivity index (χ0) is 7.40. The van der Waals surface area contributed by atoms with Gasteiger partial charge in [0.15, 0.2) is 0 Å². The van der Waals surface area contributed by atoms with Crippen molar-refractivity contribution in [2.75, 3.05) is 13.1 Å². The molecule has 0 spiro atoms. The van der Waals surface area contributed by atoms with E-state index in [1.54, 1.807) is 0 Å². The van der Waals surface area contributed by atoms with Crippen molar-refractivity contribution in [3.8, 4) is 0 Å². The van der Waals surface area contributed by atoms with Gasteiger partial charge in [-0.2, -0.15) is 0 Å². The highest BCUT2D eigenvalue weighted by Crippen LogP contribution is 2.09. The largest absolute Gasteiger partial charge is 0.343 e. The van der Waals surface area contributed by atoms with Gasteiger partial charge in [0, 0.05) is 19.5 Å². The molecule has 1 aliphatic heterocycles. The Kier molecular flexibility index (Phi) is 4.92. The standard InChI is InChI=1S/C8H15NO.CH4/c1-2-8(10)9-6-4-3-5-7-9;/h2-7H2,1H3;1H4. The summed E-state index contributed by atoms with van der Waals surface area (Å²) in [5, 5.41) is 0. The Morgan fingerprint density at radius 2 is 1.82 bits per heavy atom. The van der Waals surface area contributed by atoms with E-state index in [1.807, 2.05) is 11.8 Å². The van der Waals surface area contributed by atoms with Gasteiger partial charge in [-0.3, -0.25) is 4.79 Å². The van der Waals surface area contributed by atoms with E-state index >= 15 is 0 Å². The Morgan fingerprint density at radius 1 is 1.27 bits per heavy atom. The predicted molar refractivity (Wildman–Crippen MR) is 47.5 cm³/mol. The van der Waals surface area contributed by atoms with Gasteiger partial charge in [-0.05, 0) is 19.3 Å². The van der Waals surface area contributed by atoms with Gasteiger partial charge in [0.25, 0.3) is 0 Å². The van der Waals surface area contributed by atoms with Crippen LogP contribution in [0.15, 0.2) is 0 Å². The minimum Gasteiger partial charge on any atom is -0.343 e. The molecule has 0 aromatic rings. The molecule has 1 amide bonds. The predicted octanol–water partition coefficient (Wildman–Crippen LogP) is 2.04. The molecule has 2 nitrogen and oxygen atoms in total. The molecule has 2 heteroatoms. The minimum absolute atomic E-state index is 0. The quantitative estimate of drug-likeness (QED) is 0.570. The second-order valence-electron chi connectivity index (χ2n) is 2.80. The Morgan fingerprint density at radius 3 is 2.27 bits per heavy atom. The van der Waals surface area contributed by atoms with Crippen LogP contribution in [0.5, 0.6) is 0 Å². The van der Waals surface area contributed by atoms with Crippen molar-refractivity contribution in [2.24, 2.45) is 0 Å². The number of piperidine rings is 1. The number of carbonyl (C=O) groups excluding carboxylic acids is 1. The molecule has 1 saturated heterocycles. The summed E-state index contributed by atoms with van der Waals surface area (Å²) in [5.41, 5.74) is 0. The third kappa shape index (κ3) is 2.91. The first kappa shape index (κ1) is 10.5. The molecular weight excluding hydrogens is 138 g/mol. The van der Waals surface area contributed by atoms with Crippen LogP contribution in [0.4, 0.5) is 0 Å². The van der Waals surface area contributed by atoms with Crippen LogP contribution < -0.4 is 0 Å². The lowest BCUT2D eigenvalue weighted by Crippen LogP contribution is -2.34. The number of rotatable bonds is 1. The summed E-state index contributed by atoms with van der Waals surface area (Å²) >= 11 is 0. The van der Waals surface area contributed by atoms with E-state index in [1.165, 1.54) is 19.3 Å². The van der Waals surface area contributed by atoms with Gasteiger partial charge in [-0.15, -0.1) is 0 Å². The molecule has 0 aromatic heterocycles. The number of amides is 1. The first-order valence-corrected chi connectivity index (χ1v) is 4.12. The Balaban J connectivity index is 0.000001000. The highest BCUT2D eigenvalue weighted by Gasteiger charge is 2.13. The minimum atomic E-state index is 0. The number of hydrogen-bond donors (Lipinski definition) is 0. The van der Waals surface area contributed by atoms with Crippen LogP contribution in [0.3, 0.4) is 0 Å². The van der Waals surface area contributed by atoms with Crippen LogP contribution in [-0.4, -0.2) is 23.9 Å². The molecule has 0 aliphatic carbocycles. The van der Waals surface area contributed by atoms with Crippen molar-refractivity contribution in [3.63, 3.8) is 0 Å². The molecule has 0 bridgehead atoms. The fourth-order valence-corrected chi connectivity index (χ4v) is 1.37. The van der Waals surface area contributed by atoms with Crippen LogP contribution in [0.1, 0.15) is 40.0 Å². The summed E-state index contributed by atoms with van der Waals surface area (Å²) in [6.07, 6.45) is 4.37. The molecule has 11 heavy (non-hydrogen) atoms. The summed E-state index contributed by atoms with van der Waals surface area (Å²) in [7, 11) is 0. The third-order valence-corrected chi connectivity index (χ3v) is 2.01. The van der Waals surface area contributed by atoms with Gasteiger partial charge in [0.05, 0.1) is 0 Å². The summed E-state index contributed by atoms with van der Waals surface area (Å²) in [6.45, 7) is 3.91. The second-order valence-corrected chi connectivity index (χ2v) is 2.80. The van der Waals surface area contributed by atoms with Crippen LogP contribution in [0.2, 0.25) is 0 Å². The van der Waals surface area contributed by atoms with Crippen LogP contribution in [-0.2, 0) is 4.79 Å². The number of carbonyl (C=O) groups is 1. The number of likely N-dealkylation sites (tertiary alicyclic amines) is 1. The van der Waals surface area contributed by atoms with Crippen molar-refractivity contribution in [2.45, 2.75) is 40.0 Å². The lowest BCUT2D eigenvalue weighted by Gasteiger charge is -2.26. The average Bonchev–Trinajstić information content (AvgIpc) is 2.05.